The Morgan fingerprint density at radius 1 is 1.32 bits per heavy atom. The summed E-state index contributed by atoms with van der Waals surface area (Å²) in [6.45, 7) is 2.07. The quantitative estimate of drug-likeness (QED) is 0.832. The lowest BCUT2D eigenvalue weighted by atomic mass is 10.1. The Bertz CT molecular complexity index is 486. The minimum absolute atomic E-state index is 0.148. The third-order valence-electron chi connectivity index (χ3n) is 3.52. The SMILES string of the molecule is CN(CC(=O)N1CCCCC1)c1ccccc1C#N. The van der Waals surface area contributed by atoms with E-state index in [2.05, 4.69) is 6.07 Å². The van der Waals surface area contributed by atoms with E-state index in [1.165, 1.54) is 6.42 Å². The number of para-hydroxylation sites is 1. The van der Waals surface area contributed by atoms with Crippen molar-refractivity contribution in [2.75, 3.05) is 31.6 Å². The van der Waals surface area contributed by atoms with Gasteiger partial charge in [-0.25, -0.2) is 0 Å². The van der Waals surface area contributed by atoms with E-state index in [1.54, 1.807) is 6.07 Å². The highest BCUT2D eigenvalue weighted by atomic mass is 16.2. The molecule has 1 fully saturated rings. The fourth-order valence-corrected chi connectivity index (χ4v) is 2.43. The molecular formula is C15H19N3O. The van der Waals surface area contributed by atoms with Crippen LogP contribution in [0, 0.1) is 11.3 Å². The van der Waals surface area contributed by atoms with Crippen molar-refractivity contribution in [1.82, 2.24) is 4.90 Å². The van der Waals surface area contributed by atoms with Crippen LogP contribution in [-0.2, 0) is 4.79 Å². The largest absolute Gasteiger partial charge is 0.364 e. The molecule has 0 aliphatic carbocycles. The van der Waals surface area contributed by atoms with Gasteiger partial charge in [-0.15, -0.1) is 0 Å². The summed E-state index contributed by atoms with van der Waals surface area (Å²) in [5.74, 6) is 0.148. The molecule has 1 amide bonds. The number of hydrogen-bond acceptors (Lipinski definition) is 3. The Kier molecular flexibility index (Phi) is 4.40. The second-order valence-corrected chi connectivity index (χ2v) is 4.93. The van der Waals surface area contributed by atoms with Crippen LogP contribution >= 0.6 is 0 Å². The van der Waals surface area contributed by atoms with Crippen LogP contribution in [-0.4, -0.2) is 37.5 Å². The molecule has 4 heteroatoms. The number of hydrogen-bond donors (Lipinski definition) is 0. The van der Waals surface area contributed by atoms with Gasteiger partial charge in [0.2, 0.25) is 5.91 Å². The van der Waals surface area contributed by atoms with Gasteiger partial charge in [0, 0.05) is 20.1 Å². The predicted octanol–water partition coefficient (Wildman–Crippen LogP) is 2.01. The predicted molar refractivity (Wildman–Crippen MR) is 74.9 cm³/mol. The minimum atomic E-state index is 0.148. The van der Waals surface area contributed by atoms with Crippen molar-refractivity contribution >= 4 is 11.6 Å². The number of anilines is 1. The number of likely N-dealkylation sites (tertiary alicyclic amines) is 1. The number of nitriles is 1. The van der Waals surface area contributed by atoms with Gasteiger partial charge in [0.15, 0.2) is 0 Å². The van der Waals surface area contributed by atoms with Gasteiger partial charge in [-0.05, 0) is 31.4 Å². The highest BCUT2D eigenvalue weighted by Gasteiger charge is 2.18. The molecule has 2 rings (SSSR count). The van der Waals surface area contributed by atoms with Crippen molar-refractivity contribution in [1.29, 1.82) is 5.26 Å². The van der Waals surface area contributed by atoms with E-state index in [9.17, 15) is 4.79 Å². The van der Waals surface area contributed by atoms with Crippen molar-refractivity contribution in [2.24, 2.45) is 0 Å². The van der Waals surface area contributed by atoms with E-state index in [0.717, 1.165) is 31.6 Å². The third kappa shape index (κ3) is 3.25. The van der Waals surface area contributed by atoms with Crippen molar-refractivity contribution in [3.05, 3.63) is 29.8 Å². The Balaban J connectivity index is 2.02. The lowest BCUT2D eigenvalue weighted by Gasteiger charge is -2.29. The maximum atomic E-state index is 12.2. The van der Waals surface area contributed by atoms with Crippen LogP contribution in [0.25, 0.3) is 0 Å². The second kappa shape index (κ2) is 6.24. The molecule has 4 nitrogen and oxygen atoms in total. The van der Waals surface area contributed by atoms with Gasteiger partial charge in [-0.2, -0.15) is 5.26 Å². The van der Waals surface area contributed by atoms with Crippen molar-refractivity contribution in [3.8, 4) is 6.07 Å². The molecule has 0 N–H and O–H groups in total. The fraction of sp³-hybridized carbons (Fsp3) is 0.467. The molecule has 0 spiro atoms. The van der Waals surface area contributed by atoms with Crippen molar-refractivity contribution in [2.45, 2.75) is 19.3 Å². The van der Waals surface area contributed by atoms with Gasteiger partial charge in [0.05, 0.1) is 17.8 Å². The van der Waals surface area contributed by atoms with Gasteiger partial charge in [0.25, 0.3) is 0 Å². The fourth-order valence-electron chi connectivity index (χ4n) is 2.43. The summed E-state index contributed by atoms with van der Waals surface area (Å²) < 4.78 is 0. The molecule has 0 atom stereocenters. The van der Waals surface area contributed by atoms with Gasteiger partial charge in [0.1, 0.15) is 6.07 Å². The van der Waals surface area contributed by atoms with Crippen molar-refractivity contribution in [3.63, 3.8) is 0 Å². The number of benzene rings is 1. The van der Waals surface area contributed by atoms with Crippen molar-refractivity contribution < 1.29 is 4.79 Å². The summed E-state index contributed by atoms with van der Waals surface area (Å²) >= 11 is 0. The number of nitrogens with zero attached hydrogens (tertiary/aromatic N) is 3. The van der Waals surface area contributed by atoms with Crippen LogP contribution in [0.5, 0.6) is 0 Å². The van der Waals surface area contributed by atoms with Crippen LogP contribution in [0.15, 0.2) is 24.3 Å². The number of piperidine rings is 1. The molecule has 1 aliphatic heterocycles. The maximum absolute atomic E-state index is 12.2. The summed E-state index contributed by atoms with van der Waals surface area (Å²) in [7, 11) is 1.86. The van der Waals surface area contributed by atoms with E-state index in [1.807, 2.05) is 35.0 Å². The molecule has 1 aliphatic rings. The van der Waals surface area contributed by atoms with Crippen LogP contribution in [0.3, 0.4) is 0 Å². The van der Waals surface area contributed by atoms with Gasteiger partial charge in [-0.1, -0.05) is 12.1 Å². The Morgan fingerprint density at radius 3 is 2.68 bits per heavy atom. The first-order valence-electron chi connectivity index (χ1n) is 6.70. The standard InChI is InChI=1S/C15H19N3O/c1-17(14-8-4-3-7-13(14)11-16)12-15(19)18-9-5-2-6-10-18/h3-4,7-8H,2,5-6,9-10,12H2,1H3. The Labute approximate surface area is 114 Å². The normalized spacial score (nSPS) is 14.8. The van der Waals surface area contributed by atoms with E-state index in [4.69, 9.17) is 5.26 Å². The zero-order valence-electron chi connectivity index (χ0n) is 11.3. The zero-order valence-corrected chi connectivity index (χ0v) is 11.3. The Morgan fingerprint density at radius 2 is 2.00 bits per heavy atom. The first-order valence-corrected chi connectivity index (χ1v) is 6.70. The molecule has 1 heterocycles. The smallest absolute Gasteiger partial charge is 0.242 e. The van der Waals surface area contributed by atoms with E-state index in [0.29, 0.717) is 12.1 Å². The van der Waals surface area contributed by atoms with Crippen LogP contribution in [0.4, 0.5) is 5.69 Å². The van der Waals surface area contributed by atoms with E-state index in [-0.39, 0.29) is 5.91 Å². The summed E-state index contributed by atoms with van der Waals surface area (Å²) in [5.41, 5.74) is 1.42. The van der Waals surface area contributed by atoms with Crippen LogP contribution in [0.2, 0.25) is 0 Å². The molecule has 100 valence electrons. The number of amides is 1. The van der Waals surface area contributed by atoms with Gasteiger partial charge in [-0.3, -0.25) is 4.79 Å². The number of carbonyl (C=O) groups is 1. The highest BCUT2D eigenvalue weighted by Crippen LogP contribution is 2.18. The monoisotopic (exact) mass is 257 g/mol. The highest BCUT2D eigenvalue weighted by molar-refractivity contribution is 5.82. The lowest BCUT2D eigenvalue weighted by Crippen LogP contribution is -2.41. The van der Waals surface area contributed by atoms with Gasteiger partial charge < -0.3 is 9.80 Å². The molecule has 19 heavy (non-hydrogen) atoms. The molecule has 1 aromatic rings. The summed E-state index contributed by atoms with van der Waals surface area (Å²) in [5, 5.41) is 9.08. The average molecular weight is 257 g/mol. The molecule has 0 bridgehead atoms. The average Bonchev–Trinajstić information content (AvgIpc) is 2.48. The third-order valence-corrected chi connectivity index (χ3v) is 3.52. The number of likely N-dealkylation sites (N-methyl/N-ethyl adjacent to an activating group) is 1. The van der Waals surface area contributed by atoms with E-state index >= 15 is 0 Å². The molecule has 0 radical (unpaired) electrons. The molecule has 0 aromatic heterocycles. The first-order chi connectivity index (χ1) is 9.22. The van der Waals surface area contributed by atoms with Gasteiger partial charge >= 0.3 is 0 Å². The molecule has 1 aromatic carbocycles. The lowest BCUT2D eigenvalue weighted by molar-refractivity contribution is -0.130. The first kappa shape index (κ1) is 13.4. The molecular weight excluding hydrogens is 238 g/mol. The minimum Gasteiger partial charge on any atom is -0.364 e. The maximum Gasteiger partial charge on any atom is 0.242 e. The molecule has 0 unspecified atom stereocenters. The summed E-state index contributed by atoms with van der Waals surface area (Å²) in [6, 6.07) is 9.54. The number of carbonyl (C=O) groups excluding carboxylic acids is 1. The van der Waals surface area contributed by atoms with Crippen LogP contribution < -0.4 is 4.90 Å². The summed E-state index contributed by atoms with van der Waals surface area (Å²) in [4.78, 5) is 16.0. The van der Waals surface area contributed by atoms with Crippen LogP contribution in [0.1, 0.15) is 24.8 Å². The molecule has 0 saturated carbocycles. The second-order valence-electron chi connectivity index (χ2n) is 4.93. The Hall–Kier alpha value is -2.02. The zero-order chi connectivity index (χ0) is 13.7. The molecule has 1 saturated heterocycles. The topological polar surface area (TPSA) is 47.3 Å². The number of rotatable bonds is 3. The van der Waals surface area contributed by atoms with E-state index < -0.39 is 0 Å². The summed E-state index contributed by atoms with van der Waals surface area (Å²) in [6.07, 6.45) is 3.42.